The summed E-state index contributed by atoms with van der Waals surface area (Å²) in [5.74, 6) is 0.938. The van der Waals surface area contributed by atoms with Gasteiger partial charge in [0, 0.05) is 0 Å². The van der Waals surface area contributed by atoms with Gasteiger partial charge in [-0.25, -0.2) is 0 Å². The number of alkyl halides is 1. The average Bonchev–Trinajstić information content (AvgIpc) is 2.80. The average molecular weight is 293 g/mol. The highest BCUT2D eigenvalue weighted by molar-refractivity contribution is 9.09. The minimum Gasteiger partial charge on any atom is -0.468 e. The van der Waals surface area contributed by atoms with Crippen molar-refractivity contribution in [1.29, 1.82) is 0 Å². The highest BCUT2D eigenvalue weighted by Gasteiger charge is 2.16. The zero-order valence-electron chi connectivity index (χ0n) is 10.4. The third kappa shape index (κ3) is 2.81. The predicted octanol–water partition coefficient (Wildman–Crippen LogP) is 5.06. The van der Waals surface area contributed by atoms with Crippen LogP contribution in [0.4, 0.5) is 0 Å². The van der Waals surface area contributed by atoms with Crippen molar-refractivity contribution in [1.82, 2.24) is 0 Å². The van der Waals surface area contributed by atoms with E-state index in [2.05, 4.69) is 61.0 Å². The molecule has 1 nitrogen and oxygen atoms in total. The van der Waals surface area contributed by atoms with Gasteiger partial charge in [0.05, 0.1) is 11.1 Å². The van der Waals surface area contributed by atoms with Gasteiger partial charge in [-0.15, -0.1) is 0 Å². The van der Waals surface area contributed by atoms with E-state index in [0.29, 0.717) is 0 Å². The first-order valence-corrected chi connectivity index (χ1v) is 6.68. The first-order valence-electron chi connectivity index (χ1n) is 5.76. The van der Waals surface area contributed by atoms with E-state index in [4.69, 9.17) is 4.42 Å². The Balaban J connectivity index is 2.24. The molecule has 1 aromatic heterocycles. The topological polar surface area (TPSA) is 13.1 Å². The van der Waals surface area contributed by atoms with Gasteiger partial charge in [0.15, 0.2) is 0 Å². The summed E-state index contributed by atoms with van der Waals surface area (Å²) < 4.78 is 5.40. The lowest BCUT2D eigenvalue weighted by Gasteiger charge is -2.19. The normalized spacial score (nSPS) is 13.6. The summed E-state index contributed by atoms with van der Waals surface area (Å²) in [7, 11) is 0. The van der Waals surface area contributed by atoms with Gasteiger partial charge in [0.25, 0.3) is 0 Å². The monoisotopic (exact) mass is 292 g/mol. The number of rotatable bonds is 2. The molecule has 0 radical (unpaired) electrons. The molecule has 17 heavy (non-hydrogen) atoms. The summed E-state index contributed by atoms with van der Waals surface area (Å²) >= 11 is 3.65. The number of furan rings is 1. The number of benzene rings is 1. The van der Waals surface area contributed by atoms with Gasteiger partial charge < -0.3 is 4.42 Å². The molecule has 1 atom stereocenters. The second kappa shape index (κ2) is 4.69. The van der Waals surface area contributed by atoms with Gasteiger partial charge in [0.1, 0.15) is 5.76 Å². The maximum atomic E-state index is 5.40. The third-order valence-electron chi connectivity index (χ3n) is 2.86. The van der Waals surface area contributed by atoms with Crippen molar-refractivity contribution >= 4 is 15.9 Å². The molecule has 1 unspecified atom stereocenters. The molecule has 2 aromatic rings. The summed E-state index contributed by atoms with van der Waals surface area (Å²) in [6, 6.07) is 12.6. The molecule has 0 N–H and O–H groups in total. The highest BCUT2D eigenvalue weighted by Crippen LogP contribution is 2.32. The summed E-state index contributed by atoms with van der Waals surface area (Å²) in [5, 5.41) is 0. The second-order valence-electron chi connectivity index (χ2n) is 5.25. The van der Waals surface area contributed by atoms with Crippen LogP contribution < -0.4 is 0 Å². The minimum atomic E-state index is 0.131. The molecule has 1 aromatic carbocycles. The maximum Gasteiger partial charge on any atom is 0.121 e. The predicted molar refractivity (Wildman–Crippen MR) is 74.6 cm³/mol. The van der Waals surface area contributed by atoms with Gasteiger partial charge in [-0.05, 0) is 28.7 Å². The zero-order valence-corrected chi connectivity index (χ0v) is 12.0. The lowest BCUT2D eigenvalue weighted by atomic mass is 9.86. The largest absolute Gasteiger partial charge is 0.468 e. The summed E-state index contributed by atoms with van der Waals surface area (Å²) in [5.41, 5.74) is 2.76. The Hall–Kier alpha value is -1.02. The van der Waals surface area contributed by atoms with Crippen LogP contribution in [0.5, 0.6) is 0 Å². The van der Waals surface area contributed by atoms with E-state index in [-0.39, 0.29) is 10.2 Å². The van der Waals surface area contributed by atoms with Crippen LogP contribution in [0.1, 0.15) is 42.5 Å². The molecule has 1 heterocycles. The van der Waals surface area contributed by atoms with Crippen molar-refractivity contribution in [3.63, 3.8) is 0 Å². The number of hydrogen-bond donors (Lipinski definition) is 0. The van der Waals surface area contributed by atoms with Crippen molar-refractivity contribution in [2.45, 2.75) is 31.0 Å². The van der Waals surface area contributed by atoms with Crippen molar-refractivity contribution in [2.75, 3.05) is 0 Å². The molecule has 0 fully saturated rings. The van der Waals surface area contributed by atoms with Crippen molar-refractivity contribution in [2.24, 2.45) is 0 Å². The van der Waals surface area contributed by atoms with Crippen LogP contribution in [0, 0.1) is 0 Å². The minimum absolute atomic E-state index is 0.131. The smallest absolute Gasteiger partial charge is 0.121 e. The van der Waals surface area contributed by atoms with Gasteiger partial charge in [-0.2, -0.15) is 0 Å². The van der Waals surface area contributed by atoms with Crippen molar-refractivity contribution < 1.29 is 4.42 Å². The Morgan fingerprint density at radius 2 is 1.71 bits per heavy atom. The van der Waals surface area contributed by atoms with Gasteiger partial charge in [0.2, 0.25) is 0 Å². The number of halogens is 1. The van der Waals surface area contributed by atoms with Crippen LogP contribution in [0.3, 0.4) is 0 Å². The standard InChI is InChI=1S/C15H17BrO/c1-15(2,3)12-8-6-11(7-9-12)14(16)13-5-4-10-17-13/h4-10,14H,1-3H3. The molecule has 0 aliphatic carbocycles. The Morgan fingerprint density at radius 3 is 2.18 bits per heavy atom. The Labute approximate surface area is 111 Å². The fourth-order valence-corrected chi connectivity index (χ4v) is 2.32. The lowest BCUT2D eigenvalue weighted by molar-refractivity contribution is 0.519. The molecule has 0 bridgehead atoms. The van der Waals surface area contributed by atoms with E-state index < -0.39 is 0 Å². The van der Waals surface area contributed by atoms with Crippen LogP contribution in [-0.2, 0) is 5.41 Å². The van der Waals surface area contributed by atoms with Gasteiger partial charge in [-0.1, -0.05) is 61.0 Å². The molecule has 0 aliphatic rings. The molecule has 90 valence electrons. The number of hydrogen-bond acceptors (Lipinski definition) is 1. The van der Waals surface area contributed by atoms with Crippen LogP contribution in [0.25, 0.3) is 0 Å². The maximum absolute atomic E-state index is 5.40. The Bertz CT molecular complexity index is 463. The molecule has 0 amide bonds. The third-order valence-corrected chi connectivity index (χ3v) is 3.84. The summed E-state index contributed by atoms with van der Waals surface area (Å²) in [6.07, 6.45) is 1.70. The quantitative estimate of drug-likeness (QED) is 0.705. The molecule has 0 aliphatic heterocycles. The van der Waals surface area contributed by atoms with E-state index in [1.807, 2.05) is 12.1 Å². The fraction of sp³-hybridized carbons (Fsp3) is 0.333. The first-order chi connectivity index (χ1) is 7.98. The van der Waals surface area contributed by atoms with E-state index in [1.54, 1.807) is 6.26 Å². The molecular weight excluding hydrogens is 276 g/mol. The molecule has 0 saturated carbocycles. The van der Waals surface area contributed by atoms with E-state index >= 15 is 0 Å². The zero-order chi connectivity index (χ0) is 12.5. The summed E-state index contributed by atoms with van der Waals surface area (Å²) in [6.45, 7) is 6.67. The second-order valence-corrected chi connectivity index (χ2v) is 6.17. The highest BCUT2D eigenvalue weighted by atomic mass is 79.9. The van der Waals surface area contributed by atoms with Crippen molar-refractivity contribution in [3.05, 3.63) is 59.5 Å². The summed E-state index contributed by atoms with van der Waals surface area (Å²) in [4.78, 5) is 0.131. The SMILES string of the molecule is CC(C)(C)c1ccc(C(Br)c2ccco2)cc1. The molecule has 0 saturated heterocycles. The van der Waals surface area contributed by atoms with Crippen LogP contribution in [0.2, 0.25) is 0 Å². The fourth-order valence-electron chi connectivity index (χ4n) is 1.75. The lowest BCUT2D eigenvalue weighted by Crippen LogP contribution is -2.10. The van der Waals surface area contributed by atoms with Crippen molar-refractivity contribution in [3.8, 4) is 0 Å². The Morgan fingerprint density at radius 1 is 1.06 bits per heavy atom. The molecular formula is C15H17BrO. The first kappa shape index (κ1) is 12.4. The Kier molecular flexibility index (Phi) is 3.43. The van der Waals surface area contributed by atoms with Gasteiger partial charge >= 0.3 is 0 Å². The van der Waals surface area contributed by atoms with E-state index in [1.165, 1.54) is 11.1 Å². The molecule has 0 spiro atoms. The van der Waals surface area contributed by atoms with E-state index in [0.717, 1.165) is 5.76 Å². The molecule has 2 heteroatoms. The van der Waals surface area contributed by atoms with Crippen LogP contribution in [0.15, 0.2) is 47.1 Å². The molecule has 2 rings (SSSR count). The van der Waals surface area contributed by atoms with E-state index in [9.17, 15) is 0 Å². The van der Waals surface area contributed by atoms with Crippen LogP contribution in [-0.4, -0.2) is 0 Å². The van der Waals surface area contributed by atoms with Crippen LogP contribution >= 0.6 is 15.9 Å². The van der Waals surface area contributed by atoms with Gasteiger partial charge in [-0.3, -0.25) is 0 Å².